The van der Waals surface area contributed by atoms with Crippen molar-refractivity contribution in [3.63, 3.8) is 0 Å². The van der Waals surface area contributed by atoms with Crippen molar-refractivity contribution in [3.05, 3.63) is 40.0 Å². The summed E-state index contributed by atoms with van der Waals surface area (Å²) in [6.07, 6.45) is 1.22. The van der Waals surface area contributed by atoms with Gasteiger partial charge in [0.15, 0.2) is 9.34 Å². The van der Waals surface area contributed by atoms with Crippen LogP contribution in [0.1, 0.15) is 18.5 Å². The molecular formula is C11H11Cl2N3O2S2. The molecule has 2 rings (SSSR count). The molecule has 1 atom stereocenters. The standard InChI is InChI=1S/C11H11Cl2N3O2S2/c1-6(7-3-2-4-8(12)10(7)13)16-11-15-5-9(19-11)20(14,17)18/h2-6H,1H3,(H,15,16)(H2,14,17,18). The predicted molar refractivity (Wildman–Crippen MR) is 82.0 cm³/mol. The van der Waals surface area contributed by atoms with Gasteiger partial charge in [-0.15, -0.1) is 0 Å². The van der Waals surface area contributed by atoms with Gasteiger partial charge in [0.05, 0.1) is 22.3 Å². The number of nitrogens with two attached hydrogens (primary N) is 1. The molecule has 0 amide bonds. The van der Waals surface area contributed by atoms with Crippen LogP contribution in [0.2, 0.25) is 10.0 Å². The Bertz CT molecular complexity index is 731. The molecule has 0 bridgehead atoms. The van der Waals surface area contributed by atoms with Crippen molar-refractivity contribution in [1.82, 2.24) is 4.98 Å². The number of anilines is 1. The van der Waals surface area contributed by atoms with Crippen LogP contribution in [0.4, 0.5) is 5.13 Å². The Morgan fingerprint density at radius 1 is 1.40 bits per heavy atom. The second-order valence-corrected chi connectivity index (χ2v) is 7.64. The largest absolute Gasteiger partial charge is 0.355 e. The first-order valence-corrected chi connectivity index (χ1v) is 8.60. The van der Waals surface area contributed by atoms with E-state index < -0.39 is 10.0 Å². The Morgan fingerprint density at radius 2 is 2.10 bits per heavy atom. The Labute approximate surface area is 130 Å². The average Bonchev–Trinajstić information content (AvgIpc) is 2.81. The zero-order valence-corrected chi connectivity index (χ0v) is 13.4. The number of hydrogen-bond acceptors (Lipinski definition) is 5. The molecule has 20 heavy (non-hydrogen) atoms. The topological polar surface area (TPSA) is 85.1 Å². The predicted octanol–water partition coefficient (Wildman–Crippen LogP) is 3.27. The van der Waals surface area contributed by atoms with E-state index in [9.17, 15) is 8.42 Å². The lowest BCUT2D eigenvalue weighted by atomic mass is 10.1. The van der Waals surface area contributed by atoms with Gasteiger partial charge in [0.2, 0.25) is 10.0 Å². The maximum Gasteiger partial charge on any atom is 0.249 e. The molecule has 0 saturated carbocycles. The fourth-order valence-corrected chi connectivity index (χ4v) is 3.59. The Kier molecular flexibility index (Phi) is 4.55. The Balaban J connectivity index is 2.22. The molecule has 0 aliphatic heterocycles. The summed E-state index contributed by atoms with van der Waals surface area (Å²) in [6.45, 7) is 1.87. The van der Waals surface area contributed by atoms with Gasteiger partial charge >= 0.3 is 0 Å². The number of rotatable bonds is 4. The van der Waals surface area contributed by atoms with Gasteiger partial charge in [0.25, 0.3) is 0 Å². The number of primary sulfonamides is 1. The molecule has 3 N–H and O–H groups in total. The minimum Gasteiger partial charge on any atom is -0.355 e. The molecule has 0 aliphatic carbocycles. The summed E-state index contributed by atoms with van der Waals surface area (Å²) >= 11 is 13.0. The van der Waals surface area contributed by atoms with Crippen LogP contribution in [0.5, 0.6) is 0 Å². The summed E-state index contributed by atoms with van der Waals surface area (Å²) in [4.78, 5) is 3.97. The number of sulfonamides is 1. The summed E-state index contributed by atoms with van der Waals surface area (Å²) in [5, 5.41) is 9.45. The fraction of sp³-hybridized carbons (Fsp3) is 0.182. The molecule has 5 nitrogen and oxygen atoms in total. The van der Waals surface area contributed by atoms with E-state index in [2.05, 4.69) is 10.3 Å². The molecule has 1 aromatic carbocycles. The van der Waals surface area contributed by atoms with Crippen LogP contribution >= 0.6 is 34.5 Å². The van der Waals surface area contributed by atoms with Crippen molar-refractivity contribution in [3.8, 4) is 0 Å². The third-order valence-electron chi connectivity index (χ3n) is 2.55. The van der Waals surface area contributed by atoms with Crippen LogP contribution < -0.4 is 10.5 Å². The van der Waals surface area contributed by atoms with Gasteiger partial charge in [0.1, 0.15) is 0 Å². The van der Waals surface area contributed by atoms with Crippen molar-refractivity contribution in [1.29, 1.82) is 0 Å². The SMILES string of the molecule is CC(Nc1ncc(S(N)(=O)=O)s1)c1cccc(Cl)c1Cl. The zero-order valence-electron chi connectivity index (χ0n) is 10.3. The molecule has 0 spiro atoms. The van der Waals surface area contributed by atoms with Gasteiger partial charge in [-0.05, 0) is 18.6 Å². The van der Waals surface area contributed by atoms with E-state index in [0.717, 1.165) is 16.9 Å². The minimum atomic E-state index is -3.73. The Hall–Kier alpha value is -0.860. The lowest BCUT2D eigenvalue weighted by Gasteiger charge is -2.15. The normalized spacial score (nSPS) is 13.2. The summed E-state index contributed by atoms with van der Waals surface area (Å²) in [6, 6.07) is 5.14. The monoisotopic (exact) mass is 351 g/mol. The van der Waals surface area contributed by atoms with Crippen molar-refractivity contribution in [2.75, 3.05) is 5.32 Å². The van der Waals surface area contributed by atoms with Crippen molar-refractivity contribution < 1.29 is 8.42 Å². The Morgan fingerprint density at radius 3 is 2.70 bits per heavy atom. The second-order valence-electron chi connectivity index (χ2n) is 4.04. The van der Waals surface area contributed by atoms with Crippen LogP contribution in [0.15, 0.2) is 28.6 Å². The maximum absolute atomic E-state index is 11.2. The second kappa shape index (κ2) is 5.87. The van der Waals surface area contributed by atoms with Gasteiger partial charge in [-0.2, -0.15) is 0 Å². The maximum atomic E-state index is 11.2. The van der Waals surface area contributed by atoms with Crippen LogP contribution in [0.25, 0.3) is 0 Å². The summed E-state index contributed by atoms with van der Waals surface area (Å²) in [7, 11) is -3.73. The summed E-state index contributed by atoms with van der Waals surface area (Å²) in [5.74, 6) is 0. The molecule has 2 aromatic rings. The number of nitrogens with zero attached hydrogens (tertiary/aromatic N) is 1. The van der Waals surface area contributed by atoms with Crippen LogP contribution in [0, 0.1) is 0 Å². The molecule has 1 aromatic heterocycles. The number of halogens is 2. The quantitative estimate of drug-likeness (QED) is 0.884. The lowest BCUT2D eigenvalue weighted by molar-refractivity contribution is 0.599. The first-order chi connectivity index (χ1) is 9.29. The van der Waals surface area contributed by atoms with E-state index in [0.29, 0.717) is 15.2 Å². The van der Waals surface area contributed by atoms with Crippen LogP contribution in [-0.4, -0.2) is 13.4 Å². The van der Waals surface area contributed by atoms with E-state index in [-0.39, 0.29) is 10.3 Å². The number of aromatic nitrogens is 1. The van der Waals surface area contributed by atoms with Crippen molar-refractivity contribution >= 4 is 49.7 Å². The first kappa shape index (κ1) is 15.5. The van der Waals surface area contributed by atoms with E-state index in [1.165, 1.54) is 6.20 Å². The lowest BCUT2D eigenvalue weighted by Crippen LogP contribution is -2.10. The smallest absolute Gasteiger partial charge is 0.249 e. The highest BCUT2D eigenvalue weighted by molar-refractivity contribution is 7.91. The molecule has 0 aliphatic rings. The van der Waals surface area contributed by atoms with Crippen LogP contribution in [0.3, 0.4) is 0 Å². The zero-order chi connectivity index (χ0) is 14.9. The van der Waals surface area contributed by atoms with E-state index in [1.807, 2.05) is 13.0 Å². The van der Waals surface area contributed by atoms with E-state index >= 15 is 0 Å². The number of thiazole rings is 1. The summed E-state index contributed by atoms with van der Waals surface area (Å²) in [5.41, 5.74) is 0.798. The van der Waals surface area contributed by atoms with Gasteiger partial charge < -0.3 is 5.32 Å². The number of nitrogens with one attached hydrogen (secondary N) is 1. The molecule has 0 saturated heterocycles. The fourth-order valence-electron chi connectivity index (χ4n) is 1.58. The molecule has 108 valence electrons. The molecule has 0 fully saturated rings. The number of benzene rings is 1. The molecule has 1 unspecified atom stereocenters. The third-order valence-corrected chi connectivity index (χ3v) is 5.72. The highest BCUT2D eigenvalue weighted by atomic mass is 35.5. The van der Waals surface area contributed by atoms with Gasteiger partial charge in [-0.25, -0.2) is 18.5 Å². The molecule has 0 radical (unpaired) electrons. The first-order valence-electron chi connectivity index (χ1n) is 5.48. The summed E-state index contributed by atoms with van der Waals surface area (Å²) < 4.78 is 22.4. The highest BCUT2D eigenvalue weighted by Gasteiger charge is 2.16. The van der Waals surface area contributed by atoms with Gasteiger partial charge in [-0.1, -0.05) is 46.7 Å². The van der Waals surface area contributed by atoms with E-state index in [4.69, 9.17) is 28.3 Å². The average molecular weight is 352 g/mol. The number of hydrogen-bond donors (Lipinski definition) is 2. The molecular weight excluding hydrogens is 341 g/mol. The molecule has 1 heterocycles. The molecule has 9 heteroatoms. The van der Waals surface area contributed by atoms with Crippen molar-refractivity contribution in [2.24, 2.45) is 5.14 Å². The highest BCUT2D eigenvalue weighted by Crippen LogP contribution is 2.32. The van der Waals surface area contributed by atoms with Gasteiger partial charge in [0, 0.05) is 0 Å². The van der Waals surface area contributed by atoms with E-state index in [1.54, 1.807) is 12.1 Å². The van der Waals surface area contributed by atoms with Crippen molar-refractivity contribution in [2.45, 2.75) is 17.2 Å². The van der Waals surface area contributed by atoms with Gasteiger partial charge in [-0.3, -0.25) is 0 Å². The third kappa shape index (κ3) is 3.42. The minimum absolute atomic E-state index is 0.00407. The van der Waals surface area contributed by atoms with Crippen LogP contribution in [-0.2, 0) is 10.0 Å².